The molecule has 22 heavy (non-hydrogen) atoms. The van der Waals surface area contributed by atoms with Crippen molar-refractivity contribution in [3.8, 4) is 0 Å². The van der Waals surface area contributed by atoms with E-state index in [4.69, 9.17) is 5.73 Å². The molecule has 0 bridgehead atoms. The summed E-state index contributed by atoms with van der Waals surface area (Å²) in [7, 11) is 2.13. The number of rotatable bonds is 3. The molecule has 3 rings (SSSR count). The lowest BCUT2D eigenvalue weighted by molar-refractivity contribution is -0.130. The van der Waals surface area contributed by atoms with Crippen molar-refractivity contribution >= 4 is 17.5 Å². The third-order valence-electron chi connectivity index (χ3n) is 4.56. The summed E-state index contributed by atoms with van der Waals surface area (Å²) in [5, 5.41) is 2.31. The first-order chi connectivity index (χ1) is 10.6. The smallest absolute Gasteiger partial charge is 0.246 e. The Balaban J connectivity index is 1.73. The van der Waals surface area contributed by atoms with E-state index in [9.17, 15) is 9.59 Å². The number of hydrogen-bond donors (Lipinski definition) is 2. The number of nitrogens with one attached hydrogen (secondary N) is 1. The zero-order chi connectivity index (χ0) is 15.7. The molecular formula is C16H22N4O2. The zero-order valence-corrected chi connectivity index (χ0v) is 12.8. The van der Waals surface area contributed by atoms with Crippen molar-refractivity contribution in [2.45, 2.75) is 12.5 Å². The number of nitrogens with two attached hydrogens (primary N) is 1. The van der Waals surface area contributed by atoms with Crippen molar-refractivity contribution in [1.29, 1.82) is 0 Å². The Bertz CT molecular complexity index is 556. The van der Waals surface area contributed by atoms with E-state index in [1.807, 2.05) is 12.1 Å². The van der Waals surface area contributed by atoms with Crippen molar-refractivity contribution in [1.82, 2.24) is 10.2 Å². The first kappa shape index (κ1) is 15.0. The van der Waals surface area contributed by atoms with Crippen LogP contribution in [0.5, 0.6) is 0 Å². The molecule has 2 saturated heterocycles. The minimum Gasteiger partial charge on any atom is -0.353 e. The predicted molar refractivity (Wildman–Crippen MR) is 84.3 cm³/mol. The molecule has 6 heteroatoms. The molecule has 0 aromatic heterocycles. The van der Waals surface area contributed by atoms with Gasteiger partial charge in [-0.25, -0.2) is 0 Å². The number of likely N-dealkylation sites (tertiary alicyclic amines) is 1. The number of anilines is 1. The van der Waals surface area contributed by atoms with Gasteiger partial charge in [-0.05, 0) is 43.6 Å². The van der Waals surface area contributed by atoms with Crippen LogP contribution in [0.4, 0.5) is 5.69 Å². The molecule has 0 saturated carbocycles. The minimum atomic E-state index is -0.248. The maximum absolute atomic E-state index is 11.5. The van der Waals surface area contributed by atoms with Crippen LogP contribution in [0.1, 0.15) is 18.0 Å². The molecule has 118 valence electrons. The molecule has 1 aromatic rings. The number of benzene rings is 1. The molecular weight excluding hydrogens is 280 g/mol. The third-order valence-corrected chi connectivity index (χ3v) is 4.56. The van der Waals surface area contributed by atoms with Crippen molar-refractivity contribution in [3.63, 3.8) is 0 Å². The van der Waals surface area contributed by atoms with Crippen molar-refractivity contribution in [3.05, 3.63) is 29.8 Å². The average Bonchev–Trinajstić information content (AvgIpc) is 2.87. The standard InChI is InChI=1S/C16H22N4O2/c1-19-8-11(7-17)6-14(19)12-2-4-13(5-3-12)20-9-15(21)18-16(22)10-20/h2-5,11,14H,6-10,17H2,1H3,(H,18,21,22). The van der Waals surface area contributed by atoms with E-state index in [2.05, 4.69) is 29.4 Å². The summed E-state index contributed by atoms with van der Waals surface area (Å²) >= 11 is 0. The highest BCUT2D eigenvalue weighted by molar-refractivity contribution is 6.02. The SMILES string of the molecule is CN1CC(CN)CC1c1ccc(N2CC(=O)NC(=O)C2)cc1. The summed E-state index contributed by atoms with van der Waals surface area (Å²) < 4.78 is 0. The molecule has 2 unspecified atom stereocenters. The molecule has 2 aliphatic heterocycles. The van der Waals surface area contributed by atoms with Gasteiger partial charge < -0.3 is 10.6 Å². The number of nitrogens with zero attached hydrogens (tertiary/aromatic N) is 2. The Kier molecular flexibility index (Phi) is 4.13. The highest BCUT2D eigenvalue weighted by Gasteiger charge is 2.30. The summed E-state index contributed by atoms with van der Waals surface area (Å²) in [6, 6.07) is 8.56. The summed E-state index contributed by atoms with van der Waals surface area (Å²) in [6.45, 7) is 2.21. The van der Waals surface area contributed by atoms with Crippen LogP contribution in [0.3, 0.4) is 0 Å². The second-order valence-corrected chi connectivity index (χ2v) is 6.21. The van der Waals surface area contributed by atoms with Crippen LogP contribution in [-0.4, -0.2) is 49.9 Å². The lowest BCUT2D eigenvalue weighted by Crippen LogP contribution is -2.51. The van der Waals surface area contributed by atoms with Crippen molar-refractivity contribution in [2.75, 3.05) is 38.1 Å². The quantitative estimate of drug-likeness (QED) is 0.774. The van der Waals surface area contributed by atoms with Crippen LogP contribution in [0, 0.1) is 5.92 Å². The maximum atomic E-state index is 11.5. The minimum absolute atomic E-state index is 0.226. The number of imide groups is 1. The monoisotopic (exact) mass is 302 g/mol. The molecule has 2 fully saturated rings. The average molecular weight is 302 g/mol. The van der Waals surface area contributed by atoms with E-state index in [1.165, 1.54) is 5.56 Å². The molecule has 6 nitrogen and oxygen atoms in total. The lowest BCUT2D eigenvalue weighted by atomic mass is 9.99. The number of piperazine rings is 1. The van der Waals surface area contributed by atoms with Crippen LogP contribution in [0.2, 0.25) is 0 Å². The number of hydrogen-bond acceptors (Lipinski definition) is 5. The first-order valence-corrected chi connectivity index (χ1v) is 7.64. The Morgan fingerprint density at radius 3 is 2.36 bits per heavy atom. The van der Waals surface area contributed by atoms with Crippen LogP contribution in [0.15, 0.2) is 24.3 Å². The Hall–Kier alpha value is -1.92. The van der Waals surface area contributed by atoms with Crippen LogP contribution in [0.25, 0.3) is 0 Å². The van der Waals surface area contributed by atoms with Gasteiger partial charge in [0.05, 0.1) is 13.1 Å². The molecule has 2 amide bonds. The second kappa shape index (κ2) is 6.06. The van der Waals surface area contributed by atoms with E-state index in [1.54, 1.807) is 4.90 Å². The zero-order valence-electron chi connectivity index (χ0n) is 12.8. The van der Waals surface area contributed by atoms with Crippen molar-refractivity contribution < 1.29 is 9.59 Å². The summed E-state index contributed by atoms with van der Waals surface area (Å²) in [5.74, 6) is 0.0568. The highest BCUT2D eigenvalue weighted by Crippen LogP contribution is 2.34. The molecule has 1 aromatic carbocycles. The van der Waals surface area contributed by atoms with Gasteiger partial charge in [0.15, 0.2) is 0 Å². The summed E-state index contributed by atoms with van der Waals surface area (Å²) in [4.78, 5) is 27.0. The van der Waals surface area contributed by atoms with E-state index in [-0.39, 0.29) is 24.9 Å². The van der Waals surface area contributed by atoms with Gasteiger partial charge >= 0.3 is 0 Å². The lowest BCUT2D eigenvalue weighted by Gasteiger charge is -2.28. The van der Waals surface area contributed by atoms with Gasteiger partial charge in [-0.2, -0.15) is 0 Å². The molecule has 2 aliphatic rings. The summed E-state index contributed by atoms with van der Waals surface area (Å²) in [6.07, 6.45) is 1.08. The third kappa shape index (κ3) is 2.98. The van der Waals surface area contributed by atoms with Gasteiger partial charge in [-0.3, -0.25) is 19.8 Å². The molecule has 2 heterocycles. The number of carbonyl (C=O) groups is 2. The maximum Gasteiger partial charge on any atom is 0.246 e. The highest BCUT2D eigenvalue weighted by atomic mass is 16.2. The fraction of sp³-hybridized carbons (Fsp3) is 0.500. The fourth-order valence-electron chi connectivity index (χ4n) is 3.39. The number of amides is 2. The fourth-order valence-corrected chi connectivity index (χ4v) is 3.39. The largest absolute Gasteiger partial charge is 0.353 e. The van der Waals surface area contributed by atoms with E-state index in [0.717, 1.165) is 25.2 Å². The van der Waals surface area contributed by atoms with Gasteiger partial charge in [0.25, 0.3) is 0 Å². The van der Waals surface area contributed by atoms with Crippen LogP contribution >= 0.6 is 0 Å². The predicted octanol–water partition coefficient (Wildman–Crippen LogP) is 0.101. The van der Waals surface area contributed by atoms with Gasteiger partial charge in [0.1, 0.15) is 0 Å². The molecule has 0 spiro atoms. The van der Waals surface area contributed by atoms with Crippen LogP contribution < -0.4 is 16.0 Å². The Labute approximate surface area is 130 Å². The Morgan fingerprint density at radius 1 is 1.18 bits per heavy atom. The van der Waals surface area contributed by atoms with E-state index >= 15 is 0 Å². The van der Waals surface area contributed by atoms with Gasteiger partial charge in [-0.15, -0.1) is 0 Å². The first-order valence-electron chi connectivity index (χ1n) is 7.64. The topological polar surface area (TPSA) is 78.7 Å². The normalized spacial score (nSPS) is 26.4. The van der Waals surface area contributed by atoms with E-state index < -0.39 is 0 Å². The second-order valence-electron chi connectivity index (χ2n) is 6.21. The molecule has 2 atom stereocenters. The van der Waals surface area contributed by atoms with Crippen molar-refractivity contribution in [2.24, 2.45) is 11.7 Å². The molecule has 0 aliphatic carbocycles. The Morgan fingerprint density at radius 2 is 1.82 bits per heavy atom. The van der Waals surface area contributed by atoms with Crippen LogP contribution in [-0.2, 0) is 9.59 Å². The van der Waals surface area contributed by atoms with E-state index in [0.29, 0.717) is 12.0 Å². The number of carbonyl (C=O) groups excluding carboxylic acids is 2. The molecule has 0 radical (unpaired) electrons. The summed E-state index contributed by atoms with van der Waals surface area (Å²) in [5.41, 5.74) is 7.95. The molecule has 3 N–H and O–H groups in total. The van der Waals surface area contributed by atoms with Gasteiger partial charge in [0.2, 0.25) is 11.8 Å². The van der Waals surface area contributed by atoms with Gasteiger partial charge in [-0.1, -0.05) is 12.1 Å². The van der Waals surface area contributed by atoms with Gasteiger partial charge in [0, 0.05) is 18.3 Å².